The van der Waals surface area contributed by atoms with Crippen LogP contribution in [0.15, 0.2) is 25.0 Å². The molecule has 1 aliphatic rings. The van der Waals surface area contributed by atoms with Crippen LogP contribution in [0.2, 0.25) is 0 Å². The Morgan fingerprint density at radius 3 is 2.96 bits per heavy atom. The number of likely N-dealkylation sites (tertiary alicyclic amines) is 1. The third-order valence-corrected chi connectivity index (χ3v) is 4.38. The molecule has 1 fully saturated rings. The molecular weight excluding hydrogens is 334 g/mol. The van der Waals surface area contributed by atoms with E-state index in [1.165, 1.54) is 13.3 Å². The van der Waals surface area contributed by atoms with Gasteiger partial charge in [0.25, 0.3) is 0 Å². The molecule has 1 atom stereocenters. The van der Waals surface area contributed by atoms with Crippen molar-refractivity contribution in [3.8, 4) is 0 Å². The maximum Gasteiger partial charge on any atom is 0.223 e. The smallest absolute Gasteiger partial charge is 0.223 e. The van der Waals surface area contributed by atoms with E-state index >= 15 is 0 Å². The lowest BCUT2D eigenvalue weighted by Crippen LogP contribution is -2.31. The lowest BCUT2D eigenvalue weighted by Gasteiger charge is -2.24. The SMILES string of the molecule is CC(=O)NCc1cncc([C@H]2CCCN2C(=O)CCCn2cncn2)n1. The molecule has 9 heteroatoms. The number of rotatable bonds is 7. The summed E-state index contributed by atoms with van der Waals surface area (Å²) in [7, 11) is 0. The normalized spacial score (nSPS) is 16.7. The Morgan fingerprint density at radius 1 is 1.31 bits per heavy atom. The summed E-state index contributed by atoms with van der Waals surface area (Å²) in [5, 5.41) is 6.76. The monoisotopic (exact) mass is 357 g/mol. The summed E-state index contributed by atoms with van der Waals surface area (Å²) in [6, 6.07) is -0.0429. The van der Waals surface area contributed by atoms with Gasteiger partial charge in [0.05, 0.1) is 36.4 Å². The lowest BCUT2D eigenvalue weighted by molar-refractivity contribution is -0.132. The molecule has 1 saturated heterocycles. The van der Waals surface area contributed by atoms with Crippen molar-refractivity contribution >= 4 is 11.8 Å². The Hall–Kier alpha value is -2.84. The highest BCUT2D eigenvalue weighted by atomic mass is 16.2. The summed E-state index contributed by atoms with van der Waals surface area (Å²) in [4.78, 5) is 38.3. The van der Waals surface area contributed by atoms with Crippen LogP contribution in [0, 0.1) is 0 Å². The first kappa shape index (κ1) is 18.0. The summed E-state index contributed by atoms with van der Waals surface area (Å²) >= 11 is 0. The van der Waals surface area contributed by atoms with E-state index in [4.69, 9.17) is 0 Å². The summed E-state index contributed by atoms with van der Waals surface area (Å²) < 4.78 is 1.73. The van der Waals surface area contributed by atoms with Crippen molar-refractivity contribution in [2.75, 3.05) is 6.54 Å². The standard InChI is InChI=1S/C17H23N7O2/c1-13(25)20-9-14-8-18-10-15(22-14)16-4-2-7-24(16)17(26)5-3-6-23-12-19-11-21-23/h8,10-12,16H,2-7,9H2,1H3,(H,20,25)/t16-/m1/s1. The van der Waals surface area contributed by atoms with Crippen LogP contribution in [0.3, 0.4) is 0 Å². The Morgan fingerprint density at radius 2 is 2.19 bits per heavy atom. The zero-order valence-electron chi connectivity index (χ0n) is 14.8. The van der Waals surface area contributed by atoms with Gasteiger partial charge in [-0.15, -0.1) is 0 Å². The molecule has 2 aromatic rings. The first-order chi connectivity index (χ1) is 12.6. The van der Waals surface area contributed by atoms with Crippen LogP contribution in [0.5, 0.6) is 0 Å². The van der Waals surface area contributed by atoms with Gasteiger partial charge in [0, 0.05) is 26.4 Å². The van der Waals surface area contributed by atoms with Gasteiger partial charge >= 0.3 is 0 Å². The minimum absolute atomic E-state index is 0.0429. The molecule has 0 unspecified atom stereocenters. The Balaban J connectivity index is 1.59. The zero-order chi connectivity index (χ0) is 18.4. The second-order valence-electron chi connectivity index (χ2n) is 6.35. The van der Waals surface area contributed by atoms with Crippen LogP contribution in [0.25, 0.3) is 0 Å². The van der Waals surface area contributed by atoms with Crippen LogP contribution in [-0.4, -0.2) is 48.0 Å². The van der Waals surface area contributed by atoms with E-state index in [0.29, 0.717) is 25.2 Å². The van der Waals surface area contributed by atoms with Gasteiger partial charge in [-0.25, -0.2) is 4.98 Å². The molecule has 0 aliphatic carbocycles. The fourth-order valence-electron chi connectivity index (χ4n) is 3.14. The molecule has 2 amide bonds. The van der Waals surface area contributed by atoms with Gasteiger partial charge in [-0.2, -0.15) is 5.10 Å². The van der Waals surface area contributed by atoms with Crippen LogP contribution in [0.1, 0.15) is 50.0 Å². The van der Waals surface area contributed by atoms with Crippen molar-refractivity contribution in [3.63, 3.8) is 0 Å². The molecule has 3 rings (SSSR count). The maximum atomic E-state index is 12.6. The minimum atomic E-state index is -0.109. The second kappa shape index (κ2) is 8.50. The van der Waals surface area contributed by atoms with E-state index in [2.05, 4.69) is 25.4 Å². The van der Waals surface area contributed by atoms with E-state index < -0.39 is 0 Å². The molecule has 138 valence electrons. The van der Waals surface area contributed by atoms with Gasteiger partial charge in [0.1, 0.15) is 12.7 Å². The van der Waals surface area contributed by atoms with Gasteiger partial charge in [-0.05, 0) is 19.3 Å². The molecule has 0 spiro atoms. The number of carbonyl (C=O) groups excluding carboxylic acids is 2. The van der Waals surface area contributed by atoms with Gasteiger partial charge < -0.3 is 10.2 Å². The van der Waals surface area contributed by atoms with Crippen molar-refractivity contribution in [2.45, 2.75) is 51.7 Å². The van der Waals surface area contributed by atoms with Gasteiger partial charge in [-0.3, -0.25) is 24.2 Å². The summed E-state index contributed by atoms with van der Waals surface area (Å²) in [6.07, 6.45) is 9.52. The second-order valence-corrected chi connectivity index (χ2v) is 6.35. The molecule has 0 aromatic carbocycles. The summed E-state index contributed by atoms with van der Waals surface area (Å²) in [5.41, 5.74) is 1.48. The summed E-state index contributed by atoms with van der Waals surface area (Å²) in [5.74, 6) is 0.0175. The molecule has 0 bridgehead atoms. The van der Waals surface area contributed by atoms with Crippen LogP contribution in [-0.2, 0) is 22.7 Å². The van der Waals surface area contributed by atoms with Gasteiger partial charge in [-0.1, -0.05) is 0 Å². The van der Waals surface area contributed by atoms with Crippen molar-refractivity contribution in [2.24, 2.45) is 0 Å². The van der Waals surface area contributed by atoms with E-state index in [1.807, 2.05) is 4.90 Å². The van der Waals surface area contributed by atoms with E-state index in [-0.39, 0.29) is 17.9 Å². The third-order valence-electron chi connectivity index (χ3n) is 4.38. The highest BCUT2D eigenvalue weighted by Crippen LogP contribution is 2.31. The number of amides is 2. The number of nitrogens with zero attached hydrogens (tertiary/aromatic N) is 6. The highest BCUT2D eigenvalue weighted by Gasteiger charge is 2.30. The number of hydrogen-bond donors (Lipinski definition) is 1. The fraction of sp³-hybridized carbons (Fsp3) is 0.529. The average molecular weight is 357 g/mol. The minimum Gasteiger partial charge on any atom is -0.351 e. The third kappa shape index (κ3) is 4.62. The molecule has 2 aromatic heterocycles. The summed E-state index contributed by atoms with van der Waals surface area (Å²) in [6.45, 7) is 3.23. The Labute approximate surface area is 151 Å². The first-order valence-corrected chi connectivity index (χ1v) is 8.80. The van der Waals surface area contributed by atoms with Gasteiger partial charge in [0.15, 0.2) is 0 Å². The van der Waals surface area contributed by atoms with Crippen LogP contribution in [0.4, 0.5) is 0 Å². The Bertz CT molecular complexity index is 747. The number of aromatic nitrogens is 5. The van der Waals surface area contributed by atoms with E-state index in [1.54, 1.807) is 23.4 Å². The average Bonchev–Trinajstić information content (AvgIpc) is 3.32. The number of nitrogens with one attached hydrogen (secondary N) is 1. The van der Waals surface area contributed by atoms with Crippen molar-refractivity contribution in [1.82, 2.24) is 34.9 Å². The lowest BCUT2D eigenvalue weighted by atomic mass is 10.1. The largest absolute Gasteiger partial charge is 0.351 e. The fourth-order valence-corrected chi connectivity index (χ4v) is 3.14. The maximum absolute atomic E-state index is 12.6. The number of carbonyl (C=O) groups is 2. The van der Waals surface area contributed by atoms with E-state index in [0.717, 1.165) is 31.5 Å². The highest BCUT2D eigenvalue weighted by molar-refractivity contribution is 5.77. The molecular formula is C17H23N7O2. The van der Waals surface area contributed by atoms with Gasteiger partial charge in [0.2, 0.25) is 11.8 Å². The predicted molar refractivity (Wildman–Crippen MR) is 92.5 cm³/mol. The molecule has 26 heavy (non-hydrogen) atoms. The molecule has 0 radical (unpaired) electrons. The zero-order valence-corrected chi connectivity index (χ0v) is 14.8. The quantitative estimate of drug-likeness (QED) is 0.787. The first-order valence-electron chi connectivity index (χ1n) is 8.80. The molecule has 1 aliphatic heterocycles. The Kier molecular flexibility index (Phi) is 5.88. The number of aryl methyl sites for hydroxylation is 1. The molecule has 3 heterocycles. The number of hydrogen-bond acceptors (Lipinski definition) is 6. The van der Waals surface area contributed by atoms with Crippen molar-refractivity contribution < 1.29 is 9.59 Å². The predicted octanol–water partition coefficient (Wildman–Crippen LogP) is 0.848. The molecule has 0 saturated carbocycles. The van der Waals surface area contributed by atoms with Crippen molar-refractivity contribution in [3.05, 3.63) is 36.4 Å². The molecule has 9 nitrogen and oxygen atoms in total. The van der Waals surface area contributed by atoms with Crippen LogP contribution >= 0.6 is 0 Å². The van der Waals surface area contributed by atoms with Crippen molar-refractivity contribution in [1.29, 1.82) is 0 Å². The molecule has 1 N–H and O–H groups in total. The van der Waals surface area contributed by atoms with E-state index in [9.17, 15) is 9.59 Å². The topological polar surface area (TPSA) is 106 Å². The van der Waals surface area contributed by atoms with Crippen LogP contribution < -0.4 is 5.32 Å².